The predicted molar refractivity (Wildman–Crippen MR) is 64.4 cm³/mol. The first-order valence-corrected chi connectivity index (χ1v) is 5.99. The van der Waals surface area contributed by atoms with Crippen molar-refractivity contribution in [3.05, 3.63) is 41.6 Å². The Labute approximate surface area is 108 Å². The van der Waals surface area contributed by atoms with E-state index in [1.54, 1.807) is 6.07 Å². The van der Waals surface area contributed by atoms with E-state index < -0.39 is 11.7 Å². The van der Waals surface area contributed by atoms with Gasteiger partial charge in [-0.2, -0.15) is 18.3 Å². The van der Waals surface area contributed by atoms with Crippen molar-refractivity contribution < 1.29 is 13.2 Å². The summed E-state index contributed by atoms with van der Waals surface area (Å²) in [5.74, 6) is 0. The first kappa shape index (κ1) is 12.2. The summed E-state index contributed by atoms with van der Waals surface area (Å²) in [5, 5.41) is 7.55. The molecule has 1 aromatic heterocycles. The molecule has 0 saturated heterocycles. The van der Waals surface area contributed by atoms with Crippen LogP contribution in [0.5, 0.6) is 0 Å². The van der Waals surface area contributed by atoms with E-state index in [9.17, 15) is 13.2 Å². The minimum atomic E-state index is -4.32. The minimum Gasteiger partial charge on any atom is -0.309 e. The standard InChI is InChI=1S/C13H12F3N3/c14-13(15,16)10-3-1-2-9(6-10)12-7-11-8-17-4-5-19(11)18-12/h1-3,6-7,17H,4-5,8H2. The second-order valence-corrected chi connectivity index (χ2v) is 4.50. The van der Waals surface area contributed by atoms with Crippen molar-refractivity contribution in [2.45, 2.75) is 19.3 Å². The number of rotatable bonds is 1. The molecule has 0 saturated carbocycles. The van der Waals surface area contributed by atoms with Crippen LogP contribution in [0.3, 0.4) is 0 Å². The van der Waals surface area contributed by atoms with Crippen LogP contribution in [0.25, 0.3) is 11.3 Å². The lowest BCUT2D eigenvalue weighted by molar-refractivity contribution is -0.137. The van der Waals surface area contributed by atoms with Gasteiger partial charge in [0.05, 0.1) is 23.5 Å². The Morgan fingerprint density at radius 3 is 2.79 bits per heavy atom. The molecule has 1 aromatic carbocycles. The van der Waals surface area contributed by atoms with Gasteiger partial charge >= 0.3 is 6.18 Å². The van der Waals surface area contributed by atoms with Crippen LogP contribution in [0.15, 0.2) is 30.3 Å². The van der Waals surface area contributed by atoms with Crippen LogP contribution in [0.2, 0.25) is 0 Å². The molecular weight excluding hydrogens is 255 g/mol. The molecule has 0 unspecified atom stereocenters. The van der Waals surface area contributed by atoms with Crippen molar-refractivity contribution in [2.75, 3.05) is 6.54 Å². The minimum absolute atomic E-state index is 0.497. The van der Waals surface area contributed by atoms with E-state index in [1.165, 1.54) is 6.07 Å². The maximum Gasteiger partial charge on any atom is 0.416 e. The average molecular weight is 267 g/mol. The quantitative estimate of drug-likeness (QED) is 0.861. The van der Waals surface area contributed by atoms with Crippen LogP contribution < -0.4 is 5.32 Å². The topological polar surface area (TPSA) is 29.9 Å². The van der Waals surface area contributed by atoms with Gasteiger partial charge in [0, 0.05) is 18.7 Å². The van der Waals surface area contributed by atoms with E-state index in [0.29, 0.717) is 17.8 Å². The zero-order chi connectivity index (χ0) is 13.5. The molecule has 1 aliphatic heterocycles. The summed E-state index contributed by atoms with van der Waals surface area (Å²) < 4.78 is 39.9. The molecule has 3 nitrogen and oxygen atoms in total. The summed E-state index contributed by atoms with van der Waals surface area (Å²) in [7, 11) is 0. The van der Waals surface area contributed by atoms with Gasteiger partial charge in [-0.1, -0.05) is 12.1 Å². The molecule has 1 aliphatic rings. The van der Waals surface area contributed by atoms with E-state index >= 15 is 0 Å². The highest BCUT2D eigenvalue weighted by Crippen LogP contribution is 2.32. The van der Waals surface area contributed by atoms with E-state index in [4.69, 9.17) is 0 Å². The van der Waals surface area contributed by atoms with Gasteiger partial charge in [-0.3, -0.25) is 4.68 Å². The Kier molecular flexibility index (Phi) is 2.82. The molecule has 0 spiro atoms. The molecule has 0 aliphatic carbocycles. The summed E-state index contributed by atoms with van der Waals surface area (Å²) in [6.45, 7) is 2.27. The lowest BCUT2D eigenvalue weighted by Crippen LogP contribution is -2.28. The number of nitrogens with zero attached hydrogens (tertiary/aromatic N) is 2. The van der Waals surface area contributed by atoms with Crippen molar-refractivity contribution in [1.82, 2.24) is 15.1 Å². The zero-order valence-corrected chi connectivity index (χ0v) is 10.0. The molecule has 6 heteroatoms. The highest BCUT2D eigenvalue weighted by atomic mass is 19.4. The van der Waals surface area contributed by atoms with Crippen molar-refractivity contribution in [2.24, 2.45) is 0 Å². The van der Waals surface area contributed by atoms with Crippen LogP contribution in [-0.4, -0.2) is 16.3 Å². The zero-order valence-electron chi connectivity index (χ0n) is 10.0. The molecule has 19 heavy (non-hydrogen) atoms. The third-order valence-electron chi connectivity index (χ3n) is 3.16. The Morgan fingerprint density at radius 2 is 2.05 bits per heavy atom. The van der Waals surface area contributed by atoms with E-state index in [1.807, 2.05) is 10.7 Å². The van der Waals surface area contributed by atoms with Crippen molar-refractivity contribution in [3.63, 3.8) is 0 Å². The van der Waals surface area contributed by atoms with Gasteiger partial charge in [0.2, 0.25) is 0 Å². The summed E-state index contributed by atoms with van der Waals surface area (Å²) in [5.41, 5.74) is 1.44. The van der Waals surface area contributed by atoms with Gasteiger partial charge < -0.3 is 5.32 Å². The highest BCUT2D eigenvalue weighted by Gasteiger charge is 2.30. The van der Waals surface area contributed by atoms with Crippen molar-refractivity contribution in [1.29, 1.82) is 0 Å². The van der Waals surface area contributed by atoms with Gasteiger partial charge in [0.25, 0.3) is 0 Å². The molecule has 0 bridgehead atoms. The lowest BCUT2D eigenvalue weighted by atomic mass is 10.1. The monoisotopic (exact) mass is 267 g/mol. The smallest absolute Gasteiger partial charge is 0.309 e. The molecule has 0 amide bonds. The maximum absolute atomic E-state index is 12.7. The number of alkyl halides is 3. The molecule has 1 N–H and O–H groups in total. The Balaban J connectivity index is 2.00. The fourth-order valence-corrected chi connectivity index (χ4v) is 2.19. The second-order valence-electron chi connectivity index (χ2n) is 4.50. The summed E-state index contributed by atoms with van der Waals surface area (Å²) in [6.07, 6.45) is -4.32. The summed E-state index contributed by atoms with van der Waals surface area (Å²) >= 11 is 0. The van der Waals surface area contributed by atoms with Crippen LogP contribution >= 0.6 is 0 Å². The van der Waals surface area contributed by atoms with E-state index in [0.717, 1.165) is 30.9 Å². The number of halogens is 3. The van der Waals surface area contributed by atoms with Crippen LogP contribution in [0.1, 0.15) is 11.3 Å². The first-order chi connectivity index (χ1) is 9.04. The largest absolute Gasteiger partial charge is 0.416 e. The fraction of sp³-hybridized carbons (Fsp3) is 0.308. The molecule has 2 aromatic rings. The molecule has 2 heterocycles. The van der Waals surface area contributed by atoms with Gasteiger partial charge in [0.15, 0.2) is 0 Å². The van der Waals surface area contributed by atoms with Gasteiger partial charge in [-0.05, 0) is 18.2 Å². The van der Waals surface area contributed by atoms with Crippen molar-refractivity contribution in [3.8, 4) is 11.3 Å². The number of hydrogen-bond acceptors (Lipinski definition) is 2. The third-order valence-corrected chi connectivity index (χ3v) is 3.16. The number of fused-ring (bicyclic) bond motifs is 1. The highest BCUT2D eigenvalue weighted by molar-refractivity contribution is 5.60. The molecular formula is C13H12F3N3. The third kappa shape index (κ3) is 2.35. The van der Waals surface area contributed by atoms with Crippen LogP contribution in [0.4, 0.5) is 13.2 Å². The SMILES string of the molecule is FC(F)(F)c1cccc(-c2cc3n(n2)CCNC3)c1. The number of aromatic nitrogens is 2. The maximum atomic E-state index is 12.7. The van der Waals surface area contributed by atoms with Crippen molar-refractivity contribution >= 4 is 0 Å². The van der Waals surface area contributed by atoms with Gasteiger partial charge in [0.1, 0.15) is 0 Å². The van der Waals surface area contributed by atoms with Crippen LogP contribution in [-0.2, 0) is 19.3 Å². The summed E-state index contributed by atoms with van der Waals surface area (Å²) in [4.78, 5) is 0. The molecule has 3 rings (SSSR count). The molecule has 0 radical (unpaired) electrons. The Morgan fingerprint density at radius 1 is 1.21 bits per heavy atom. The van der Waals surface area contributed by atoms with Crippen LogP contribution in [0, 0.1) is 0 Å². The van der Waals surface area contributed by atoms with Gasteiger partial charge in [-0.25, -0.2) is 0 Å². The molecule has 100 valence electrons. The average Bonchev–Trinajstić information content (AvgIpc) is 2.81. The Hall–Kier alpha value is -1.82. The second kappa shape index (κ2) is 4.38. The molecule has 0 fully saturated rings. The predicted octanol–water partition coefficient (Wildman–Crippen LogP) is 2.67. The Bertz CT molecular complexity index is 578. The normalized spacial score (nSPS) is 15.3. The van der Waals surface area contributed by atoms with Gasteiger partial charge in [-0.15, -0.1) is 0 Å². The number of benzene rings is 1. The number of nitrogens with one attached hydrogen (secondary N) is 1. The summed E-state index contributed by atoms with van der Waals surface area (Å²) in [6, 6.07) is 7.11. The lowest BCUT2D eigenvalue weighted by Gasteiger charge is -2.13. The number of hydrogen-bond donors (Lipinski definition) is 1. The first-order valence-electron chi connectivity index (χ1n) is 5.99. The van der Waals surface area contributed by atoms with E-state index in [2.05, 4.69) is 10.4 Å². The van der Waals surface area contributed by atoms with E-state index in [-0.39, 0.29) is 0 Å². The molecule has 0 atom stereocenters. The fourth-order valence-electron chi connectivity index (χ4n) is 2.19.